The fourth-order valence-corrected chi connectivity index (χ4v) is 2.95. The minimum absolute atomic E-state index is 0.373. The zero-order valence-corrected chi connectivity index (χ0v) is 9.13. The second-order valence-corrected chi connectivity index (χ2v) is 4.61. The predicted octanol–water partition coefficient (Wildman–Crippen LogP) is 3.22. The molecule has 0 aromatic rings. The van der Waals surface area contributed by atoms with Gasteiger partial charge in [-0.15, -0.1) is 0 Å². The van der Waals surface area contributed by atoms with Gasteiger partial charge in [0.25, 0.3) is 0 Å². The highest BCUT2D eigenvalue weighted by Crippen LogP contribution is 2.39. The summed E-state index contributed by atoms with van der Waals surface area (Å²) in [4.78, 5) is 0. The van der Waals surface area contributed by atoms with Gasteiger partial charge in [-0.25, -0.2) is 0 Å². The first-order chi connectivity index (χ1) is 6.29. The highest BCUT2D eigenvalue weighted by Gasteiger charge is 2.29. The molecule has 13 heavy (non-hydrogen) atoms. The van der Waals surface area contributed by atoms with E-state index in [4.69, 9.17) is 5.11 Å². The van der Waals surface area contributed by atoms with Crippen LogP contribution in [0.25, 0.3) is 0 Å². The predicted molar refractivity (Wildman–Crippen MR) is 56.6 cm³/mol. The van der Waals surface area contributed by atoms with E-state index in [0.29, 0.717) is 6.61 Å². The van der Waals surface area contributed by atoms with Crippen LogP contribution in [-0.2, 0) is 0 Å². The number of hydrogen-bond acceptors (Lipinski definition) is 1. The molecule has 3 atom stereocenters. The van der Waals surface area contributed by atoms with Crippen molar-refractivity contribution in [2.45, 2.75) is 52.4 Å². The molecule has 1 saturated carbocycles. The van der Waals surface area contributed by atoms with Gasteiger partial charge in [0.15, 0.2) is 0 Å². The van der Waals surface area contributed by atoms with Crippen molar-refractivity contribution in [1.29, 1.82) is 0 Å². The molecule has 0 aromatic heterocycles. The van der Waals surface area contributed by atoms with Crippen molar-refractivity contribution in [2.24, 2.45) is 17.8 Å². The summed E-state index contributed by atoms with van der Waals surface area (Å²) in [7, 11) is 0. The molecule has 1 heteroatoms. The zero-order valence-electron chi connectivity index (χ0n) is 9.13. The van der Waals surface area contributed by atoms with Crippen LogP contribution < -0.4 is 0 Å². The standard InChI is InChI=1S/C12H24O/c1-3-11(7-5-9-13)12-8-4-6-10(12)2/h10-13H,3-9H2,1-2H3/t10?,11-,12?/m1/s1. The zero-order chi connectivity index (χ0) is 9.68. The van der Waals surface area contributed by atoms with E-state index in [0.717, 1.165) is 24.2 Å². The van der Waals surface area contributed by atoms with Gasteiger partial charge < -0.3 is 5.11 Å². The van der Waals surface area contributed by atoms with Gasteiger partial charge >= 0.3 is 0 Å². The van der Waals surface area contributed by atoms with Gasteiger partial charge in [0.05, 0.1) is 0 Å². The lowest BCUT2D eigenvalue weighted by molar-refractivity contribution is 0.217. The molecule has 0 amide bonds. The van der Waals surface area contributed by atoms with E-state index in [1.807, 2.05) is 0 Å². The van der Waals surface area contributed by atoms with Crippen LogP contribution in [0, 0.1) is 17.8 Å². The molecule has 0 bridgehead atoms. The first kappa shape index (κ1) is 11.0. The van der Waals surface area contributed by atoms with E-state index >= 15 is 0 Å². The lowest BCUT2D eigenvalue weighted by atomic mass is 9.80. The van der Waals surface area contributed by atoms with Gasteiger partial charge in [-0.2, -0.15) is 0 Å². The lowest BCUT2D eigenvalue weighted by Crippen LogP contribution is -2.17. The Hall–Kier alpha value is -0.0400. The molecule has 0 aromatic carbocycles. The Morgan fingerprint density at radius 2 is 2.15 bits per heavy atom. The van der Waals surface area contributed by atoms with Crippen molar-refractivity contribution < 1.29 is 5.11 Å². The van der Waals surface area contributed by atoms with E-state index in [2.05, 4.69) is 13.8 Å². The topological polar surface area (TPSA) is 20.2 Å². The molecular formula is C12H24O. The van der Waals surface area contributed by atoms with Crippen molar-refractivity contribution >= 4 is 0 Å². The van der Waals surface area contributed by atoms with Gasteiger partial charge in [0.1, 0.15) is 0 Å². The quantitative estimate of drug-likeness (QED) is 0.695. The second kappa shape index (κ2) is 5.64. The van der Waals surface area contributed by atoms with E-state index in [1.54, 1.807) is 0 Å². The average molecular weight is 184 g/mol. The van der Waals surface area contributed by atoms with Gasteiger partial charge in [0, 0.05) is 6.61 Å². The van der Waals surface area contributed by atoms with Gasteiger partial charge in [0.2, 0.25) is 0 Å². The minimum Gasteiger partial charge on any atom is -0.396 e. The molecule has 1 aliphatic rings. The van der Waals surface area contributed by atoms with Gasteiger partial charge in [-0.05, 0) is 37.0 Å². The highest BCUT2D eigenvalue weighted by molar-refractivity contribution is 4.79. The maximum atomic E-state index is 8.82. The third-order valence-electron chi connectivity index (χ3n) is 3.79. The van der Waals surface area contributed by atoms with Crippen molar-refractivity contribution in [3.63, 3.8) is 0 Å². The highest BCUT2D eigenvalue weighted by atomic mass is 16.2. The maximum absolute atomic E-state index is 8.82. The molecule has 1 rings (SSSR count). The third kappa shape index (κ3) is 2.98. The summed E-state index contributed by atoms with van der Waals surface area (Å²) in [5.74, 6) is 2.77. The van der Waals surface area contributed by atoms with Crippen LogP contribution in [-0.4, -0.2) is 11.7 Å². The van der Waals surface area contributed by atoms with Gasteiger partial charge in [-0.1, -0.05) is 33.1 Å². The smallest absolute Gasteiger partial charge is 0.0431 e. The Labute approximate surface area is 82.5 Å². The van der Waals surface area contributed by atoms with Crippen molar-refractivity contribution in [1.82, 2.24) is 0 Å². The Balaban J connectivity index is 2.35. The number of rotatable bonds is 5. The molecule has 78 valence electrons. The van der Waals surface area contributed by atoms with Crippen LogP contribution in [0.3, 0.4) is 0 Å². The van der Waals surface area contributed by atoms with E-state index in [9.17, 15) is 0 Å². The van der Waals surface area contributed by atoms with Crippen molar-refractivity contribution in [2.75, 3.05) is 6.61 Å². The summed E-state index contributed by atoms with van der Waals surface area (Å²) in [6, 6.07) is 0. The molecule has 0 aliphatic heterocycles. The van der Waals surface area contributed by atoms with Crippen molar-refractivity contribution in [3.8, 4) is 0 Å². The summed E-state index contributed by atoms with van der Waals surface area (Å²) in [6.07, 6.45) is 7.84. The molecule has 2 unspecified atom stereocenters. The Kier molecular flexibility index (Phi) is 4.79. The Bertz CT molecular complexity index is 133. The van der Waals surface area contributed by atoms with Crippen molar-refractivity contribution in [3.05, 3.63) is 0 Å². The fourth-order valence-electron chi connectivity index (χ4n) is 2.95. The molecule has 0 saturated heterocycles. The minimum atomic E-state index is 0.373. The Morgan fingerprint density at radius 3 is 2.62 bits per heavy atom. The molecule has 1 N–H and O–H groups in total. The lowest BCUT2D eigenvalue weighted by Gasteiger charge is -2.25. The van der Waals surface area contributed by atoms with Crippen LogP contribution in [0.5, 0.6) is 0 Å². The summed E-state index contributed by atoms with van der Waals surface area (Å²) in [5, 5.41) is 8.82. The summed E-state index contributed by atoms with van der Waals surface area (Å²) < 4.78 is 0. The number of aliphatic hydroxyl groups excluding tert-OH is 1. The van der Waals surface area contributed by atoms with Gasteiger partial charge in [-0.3, -0.25) is 0 Å². The average Bonchev–Trinajstić information content (AvgIpc) is 2.54. The fraction of sp³-hybridized carbons (Fsp3) is 1.00. The first-order valence-electron chi connectivity index (χ1n) is 5.90. The van der Waals surface area contributed by atoms with Crippen LogP contribution >= 0.6 is 0 Å². The molecule has 0 radical (unpaired) electrons. The largest absolute Gasteiger partial charge is 0.396 e. The second-order valence-electron chi connectivity index (χ2n) is 4.61. The molecule has 1 fully saturated rings. The number of hydrogen-bond donors (Lipinski definition) is 1. The van der Waals surface area contributed by atoms with Crippen LogP contribution in [0.1, 0.15) is 52.4 Å². The first-order valence-corrected chi connectivity index (χ1v) is 5.90. The third-order valence-corrected chi connectivity index (χ3v) is 3.79. The van der Waals surface area contributed by atoms with E-state index in [-0.39, 0.29) is 0 Å². The SMILES string of the molecule is CC[C@H](CCCO)C1CCCC1C. The summed E-state index contributed by atoms with van der Waals surface area (Å²) in [5.41, 5.74) is 0. The molecule has 1 aliphatic carbocycles. The molecular weight excluding hydrogens is 160 g/mol. The molecule has 1 nitrogen and oxygen atoms in total. The maximum Gasteiger partial charge on any atom is 0.0431 e. The van der Waals surface area contributed by atoms with Crippen LogP contribution in [0.15, 0.2) is 0 Å². The molecule has 0 heterocycles. The van der Waals surface area contributed by atoms with Crippen LogP contribution in [0.2, 0.25) is 0 Å². The van der Waals surface area contributed by atoms with E-state index < -0.39 is 0 Å². The van der Waals surface area contributed by atoms with Crippen LogP contribution in [0.4, 0.5) is 0 Å². The number of aliphatic hydroxyl groups is 1. The summed E-state index contributed by atoms with van der Waals surface area (Å²) >= 11 is 0. The molecule has 0 spiro atoms. The van der Waals surface area contributed by atoms with E-state index in [1.165, 1.54) is 32.1 Å². The summed E-state index contributed by atoms with van der Waals surface area (Å²) in [6.45, 7) is 5.07. The monoisotopic (exact) mass is 184 g/mol. The normalized spacial score (nSPS) is 30.7. The Morgan fingerprint density at radius 1 is 1.38 bits per heavy atom.